The number of benzene rings is 1. The average Bonchev–Trinajstić information content (AvgIpc) is 2.95. The number of carbonyl (C=O) groups is 1. The van der Waals surface area contributed by atoms with Gasteiger partial charge in [-0.25, -0.2) is 0 Å². The van der Waals surface area contributed by atoms with Gasteiger partial charge < -0.3 is 20.5 Å². The molecule has 0 aromatic heterocycles. The van der Waals surface area contributed by atoms with Gasteiger partial charge in [-0.05, 0) is 38.5 Å². The first-order valence-electron chi connectivity index (χ1n) is 7.02. The van der Waals surface area contributed by atoms with Crippen LogP contribution in [-0.2, 0) is 4.74 Å². The van der Waals surface area contributed by atoms with Crippen LogP contribution in [0.1, 0.15) is 30.6 Å². The van der Waals surface area contributed by atoms with E-state index in [0.29, 0.717) is 36.1 Å². The maximum atomic E-state index is 12.2. The van der Waals surface area contributed by atoms with E-state index in [2.05, 4.69) is 5.32 Å². The smallest absolute Gasteiger partial charge is 0.251 e. The largest absolute Gasteiger partial charge is 0.492 e. The number of hydrogen-bond acceptors (Lipinski definition) is 4. The molecule has 1 aliphatic rings. The Balaban J connectivity index is 1.99. The van der Waals surface area contributed by atoms with Crippen LogP contribution < -0.4 is 15.8 Å². The van der Waals surface area contributed by atoms with Crippen molar-refractivity contribution in [1.29, 1.82) is 0 Å². The van der Waals surface area contributed by atoms with Crippen molar-refractivity contribution in [2.24, 2.45) is 5.92 Å². The molecule has 5 heteroatoms. The van der Waals surface area contributed by atoms with E-state index in [4.69, 9.17) is 15.2 Å². The molecule has 0 spiro atoms. The number of nitrogen functional groups attached to an aromatic ring is 1. The summed E-state index contributed by atoms with van der Waals surface area (Å²) < 4.78 is 10.7. The van der Waals surface area contributed by atoms with Gasteiger partial charge in [-0.1, -0.05) is 0 Å². The van der Waals surface area contributed by atoms with Gasteiger partial charge >= 0.3 is 0 Å². The van der Waals surface area contributed by atoms with E-state index < -0.39 is 0 Å². The van der Waals surface area contributed by atoms with E-state index in [1.807, 2.05) is 13.8 Å². The molecule has 3 N–H and O–H groups in total. The quantitative estimate of drug-likeness (QED) is 0.806. The highest BCUT2D eigenvalue weighted by molar-refractivity contribution is 5.95. The molecule has 0 radical (unpaired) electrons. The minimum absolute atomic E-state index is 0.0952. The molecule has 1 saturated heterocycles. The third kappa shape index (κ3) is 3.42. The van der Waals surface area contributed by atoms with E-state index in [1.165, 1.54) is 0 Å². The average molecular weight is 278 g/mol. The van der Waals surface area contributed by atoms with Gasteiger partial charge in [0.05, 0.1) is 18.9 Å². The number of rotatable bonds is 5. The third-order valence-electron chi connectivity index (χ3n) is 3.60. The minimum atomic E-state index is -0.112. The number of amides is 1. The third-order valence-corrected chi connectivity index (χ3v) is 3.60. The summed E-state index contributed by atoms with van der Waals surface area (Å²) in [6.07, 6.45) is 0.993. The molecule has 1 fully saturated rings. The van der Waals surface area contributed by atoms with E-state index in [1.54, 1.807) is 18.2 Å². The first-order chi connectivity index (χ1) is 9.61. The fourth-order valence-electron chi connectivity index (χ4n) is 2.33. The predicted molar refractivity (Wildman–Crippen MR) is 77.9 cm³/mol. The zero-order chi connectivity index (χ0) is 14.5. The first kappa shape index (κ1) is 14.7. The van der Waals surface area contributed by atoms with Crippen LogP contribution in [-0.4, -0.2) is 31.8 Å². The molecule has 2 unspecified atom stereocenters. The molecule has 1 heterocycles. The maximum absolute atomic E-state index is 12.2. The Bertz CT molecular complexity index is 470. The van der Waals surface area contributed by atoms with Crippen LogP contribution in [0.4, 0.5) is 5.69 Å². The predicted octanol–water partition coefficient (Wildman–Crippen LogP) is 1.82. The number of ether oxygens (including phenoxy) is 2. The summed E-state index contributed by atoms with van der Waals surface area (Å²) >= 11 is 0. The van der Waals surface area contributed by atoms with Crippen molar-refractivity contribution in [1.82, 2.24) is 5.32 Å². The van der Waals surface area contributed by atoms with E-state index in [0.717, 1.165) is 13.0 Å². The summed E-state index contributed by atoms with van der Waals surface area (Å²) in [7, 11) is 0. The molecule has 20 heavy (non-hydrogen) atoms. The van der Waals surface area contributed by atoms with Crippen LogP contribution in [0.25, 0.3) is 0 Å². The zero-order valence-corrected chi connectivity index (χ0v) is 12.0. The normalized spacial score (nSPS) is 19.6. The molecule has 1 aromatic rings. The van der Waals surface area contributed by atoms with E-state index >= 15 is 0 Å². The van der Waals surface area contributed by atoms with Gasteiger partial charge in [0.2, 0.25) is 0 Å². The Morgan fingerprint density at radius 2 is 2.40 bits per heavy atom. The number of nitrogens with two attached hydrogens (primary N) is 1. The molecule has 5 nitrogen and oxygen atoms in total. The first-order valence-corrected chi connectivity index (χ1v) is 7.02. The molecule has 1 aromatic carbocycles. The molecule has 1 aliphatic heterocycles. The Morgan fingerprint density at radius 1 is 1.60 bits per heavy atom. The Morgan fingerprint density at radius 3 is 3.00 bits per heavy atom. The molecule has 110 valence electrons. The van der Waals surface area contributed by atoms with Crippen molar-refractivity contribution >= 4 is 11.6 Å². The SMILES string of the molecule is CCOc1ccc(C(=O)NC(C)C2CCOC2)cc1N. The fraction of sp³-hybridized carbons (Fsp3) is 0.533. The van der Waals surface area contributed by atoms with E-state index in [9.17, 15) is 4.79 Å². The number of hydrogen-bond donors (Lipinski definition) is 2. The lowest BCUT2D eigenvalue weighted by Gasteiger charge is -2.19. The monoisotopic (exact) mass is 278 g/mol. The molecule has 2 atom stereocenters. The fourth-order valence-corrected chi connectivity index (χ4v) is 2.33. The number of carbonyl (C=O) groups excluding carboxylic acids is 1. The van der Waals surface area contributed by atoms with Gasteiger partial charge in [0.1, 0.15) is 5.75 Å². The molecule has 1 amide bonds. The van der Waals surface area contributed by atoms with Crippen LogP contribution in [0.5, 0.6) is 5.75 Å². The summed E-state index contributed by atoms with van der Waals surface area (Å²) in [5.74, 6) is 0.888. The highest BCUT2D eigenvalue weighted by Gasteiger charge is 2.24. The van der Waals surface area contributed by atoms with Crippen molar-refractivity contribution in [3.8, 4) is 5.75 Å². The number of nitrogens with one attached hydrogen (secondary N) is 1. The van der Waals surface area contributed by atoms with E-state index in [-0.39, 0.29) is 11.9 Å². The van der Waals surface area contributed by atoms with Gasteiger partial charge in [0.15, 0.2) is 0 Å². The topological polar surface area (TPSA) is 73.6 Å². The summed E-state index contributed by atoms with van der Waals surface area (Å²) in [5, 5.41) is 3.00. The van der Waals surface area contributed by atoms with Gasteiger partial charge in [0.25, 0.3) is 5.91 Å². The molecule has 0 aliphatic carbocycles. The second-order valence-electron chi connectivity index (χ2n) is 5.07. The second kappa shape index (κ2) is 6.61. The lowest BCUT2D eigenvalue weighted by atomic mass is 10.0. The van der Waals surface area contributed by atoms with Crippen LogP contribution in [0, 0.1) is 5.92 Å². The standard InChI is InChI=1S/C15H22N2O3/c1-3-20-14-5-4-11(8-13(14)16)15(18)17-10(2)12-6-7-19-9-12/h4-5,8,10,12H,3,6-7,9,16H2,1-2H3,(H,17,18). The Kier molecular flexibility index (Phi) is 4.84. The van der Waals surface area contributed by atoms with Crippen molar-refractivity contribution in [3.05, 3.63) is 23.8 Å². The molecular weight excluding hydrogens is 256 g/mol. The zero-order valence-electron chi connectivity index (χ0n) is 12.0. The Labute approximate surface area is 119 Å². The summed E-state index contributed by atoms with van der Waals surface area (Å²) in [6, 6.07) is 5.21. The van der Waals surface area contributed by atoms with Crippen LogP contribution in [0.15, 0.2) is 18.2 Å². The van der Waals surface area contributed by atoms with Gasteiger partial charge in [0, 0.05) is 24.1 Å². The molecule has 0 bridgehead atoms. The van der Waals surface area contributed by atoms with Crippen LogP contribution in [0.3, 0.4) is 0 Å². The van der Waals surface area contributed by atoms with Crippen molar-refractivity contribution in [2.45, 2.75) is 26.3 Å². The highest BCUT2D eigenvalue weighted by atomic mass is 16.5. The number of anilines is 1. The highest BCUT2D eigenvalue weighted by Crippen LogP contribution is 2.23. The Hall–Kier alpha value is -1.75. The molecular formula is C15H22N2O3. The summed E-state index contributed by atoms with van der Waals surface area (Å²) in [5.41, 5.74) is 6.91. The lowest BCUT2D eigenvalue weighted by molar-refractivity contribution is 0.0922. The van der Waals surface area contributed by atoms with Crippen molar-refractivity contribution < 1.29 is 14.3 Å². The summed E-state index contributed by atoms with van der Waals surface area (Å²) in [4.78, 5) is 12.2. The van der Waals surface area contributed by atoms with Gasteiger partial charge in [-0.3, -0.25) is 4.79 Å². The van der Waals surface area contributed by atoms with Gasteiger partial charge in [-0.15, -0.1) is 0 Å². The van der Waals surface area contributed by atoms with Crippen LogP contribution >= 0.6 is 0 Å². The molecule has 2 rings (SSSR count). The van der Waals surface area contributed by atoms with Gasteiger partial charge in [-0.2, -0.15) is 0 Å². The van der Waals surface area contributed by atoms with Crippen molar-refractivity contribution in [3.63, 3.8) is 0 Å². The van der Waals surface area contributed by atoms with Crippen LogP contribution in [0.2, 0.25) is 0 Å². The summed E-state index contributed by atoms with van der Waals surface area (Å²) in [6.45, 7) is 5.95. The van der Waals surface area contributed by atoms with Crippen molar-refractivity contribution in [2.75, 3.05) is 25.6 Å². The minimum Gasteiger partial charge on any atom is -0.492 e. The maximum Gasteiger partial charge on any atom is 0.251 e. The molecule has 0 saturated carbocycles. The second-order valence-corrected chi connectivity index (χ2v) is 5.07. The lowest BCUT2D eigenvalue weighted by Crippen LogP contribution is -2.38.